The first-order chi connectivity index (χ1) is 15.4. The lowest BCUT2D eigenvalue weighted by atomic mass is 9.97. The molecule has 0 saturated carbocycles. The van der Waals surface area contributed by atoms with Gasteiger partial charge in [-0.05, 0) is 44.2 Å². The Labute approximate surface area is 187 Å². The maximum atomic E-state index is 14.1. The highest BCUT2D eigenvalue weighted by atomic mass is 32.2. The summed E-state index contributed by atoms with van der Waals surface area (Å²) in [5, 5.41) is 3.47. The van der Waals surface area contributed by atoms with E-state index < -0.39 is 21.4 Å². The van der Waals surface area contributed by atoms with E-state index in [1.807, 2.05) is 0 Å². The Kier molecular flexibility index (Phi) is 6.74. The zero-order valence-corrected chi connectivity index (χ0v) is 18.7. The van der Waals surface area contributed by atoms with E-state index in [4.69, 9.17) is 0 Å². The Hall–Kier alpha value is -2.93. The molecule has 1 aliphatic carbocycles. The van der Waals surface area contributed by atoms with Crippen molar-refractivity contribution >= 4 is 26.6 Å². The van der Waals surface area contributed by atoms with Crippen LogP contribution >= 0.6 is 0 Å². The molecule has 5 nitrogen and oxygen atoms in total. The Balaban J connectivity index is 1.51. The summed E-state index contributed by atoms with van der Waals surface area (Å²) in [5.74, 6) is -1.15. The van der Waals surface area contributed by atoms with E-state index in [2.05, 4.69) is 11.4 Å². The summed E-state index contributed by atoms with van der Waals surface area (Å²) in [6, 6.07) is 12.9. The number of sulfone groups is 1. The van der Waals surface area contributed by atoms with E-state index in [-0.39, 0.29) is 22.9 Å². The molecule has 1 amide bonds. The van der Waals surface area contributed by atoms with Crippen molar-refractivity contribution in [2.75, 3.05) is 6.54 Å². The van der Waals surface area contributed by atoms with Gasteiger partial charge in [0.05, 0.1) is 10.6 Å². The number of hydrogen-bond acceptors (Lipinski definition) is 3. The van der Waals surface area contributed by atoms with Crippen LogP contribution in [0, 0.1) is 5.82 Å². The highest BCUT2D eigenvalue weighted by Gasteiger charge is 2.23. The molecule has 1 aromatic heterocycles. The Morgan fingerprint density at radius 3 is 2.62 bits per heavy atom. The molecule has 1 N–H and O–H groups in total. The van der Waals surface area contributed by atoms with Crippen LogP contribution in [0.1, 0.15) is 37.7 Å². The van der Waals surface area contributed by atoms with Gasteiger partial charge in [-0.15, -0.1) is 0 Å². The second-order valence-electron chi connectivity index (χ2n) is 8.20. The van der Waals surface area contributed by atoms with Crippen molar-refractivity contribution in [3.05, 3.63) is 77.8 Å². The van der Waals surface area contributed by atoms with Crippen LogP contribution in [0.4, 0.5) is 4.39 Å². The molecule has 3 aromatic rings. The molecule has 0 bridgehead atoms. The van der Waals surface area contributed by atoms with Gasteiger partial charge in [-0.2, -0.15) is 0 Å². The van der Waals surface area contributed by atoms with Crippen molar-refractivity contribution in [2.24, 2.45) is 0 Å². The predicted molar refractivity (Wildman–Crippen MR) is 123 cm³/mol. The summed E-state index contributed by atoms with van der Waals surface area (Å²) in [7, 11) is -3.81. The lowest BCUT2D eigenvalue weighted by molar-refractivity contribution is -0.121. The number of allylic oxidation sites excluding steroid dienone is 1. The van der Waals surface area contributed by atoms with Crippen molar-refractivity contribution in [2.45, 2.75) is 49.3 Å². The lowest BCUT2D eigenvalue weighted by Crippen LogP contribution is -2.28. The summed E-state index contributed by atoms with van der Waals surface area (Å²) in [6.07, 6.45) is 9.26. The number of carbonyl (C=O) groups excluding carboxylic acids is 1. The number of halogens is 1. The molecule has 1 heterocycles. The van der Waals surface area contributed by atoms with Gasteiger partial charge >= 0.3 is 0 Å². The number of rotatable bonds is 8. The standard InChI is InChI=1S/C25H27FN2O3S/c26-22-12-6-4-10-20(22)18-32(30,31)24-16-28(23-13-7-5-11-21(23)24)17-25(29)27-15-14-19-8-2-1-3-9-19/h4-8,10-13,16H,1-3,9,14-15,17-18H2,(H,27,29). The normalized spacial score (nSPS) is 14.3. The molecule has 2 aromatic carbocycles. The first-order valence-electron chi connectivity index (χ1n) is 10.9. The van der Waals surface area contributed by atoms with Crippen LogP contribution < -0.4 is 5.32 Å². The quantitative estimate of drug-likeness (QED) is 0.499. The molecule has 0 saturated heterocycles. The minimum Gasteiger partial charge on any atom is -0.354 e. The van der Waals surface area contributed by atoms with Gasteiger partial charge in [0.1, 0.15) is 12.4 Å². The fourth-order valence-electron chi connectivity index (χ4n) is 4.19. The van der Waals surface area contributed by atoms with Crippen molar-refractivity contribution < 1.29 is 17.6 Å². The molecule has 0 atom stereocenters. The van der Waals surface area contributed by atoms with Crippen molar-refractivity contribution in [1.82, 2.24) is 9.88 Å². The van der Waals surface area contributed by atoms with E-state index in [1.165, 1.54) is 42.8 Å². The molecule has 168 valence electrons. The van der Waals surface area contributed by atoms with E-state index in [0.29, 0.717) is 17.4 Å². The van der Waals surface area contributed by atoms with Crippen LogP contribution in [0.25, 0.3) is 10.9 Å². The number of fused-ring (bicyclic) bond motifs is 1. The van der Waals surface area contributed by atoms with Gasteiger partial charge in [0.15, 0.2) is 9.84 Å². The molecule has 4 rings (SSSR count). The average molecular weight is 455 g/mol. The van der Waals surface area contributed by atoms with E-state index in [1.54, 1.807) is 34.9 Å². The van der Waals surface area contributed by atoms with Gasteiger partial charge in [-0.25, -0.2) is 12.8 Å². The van der Waals surface area contributed by atoms with E-state index in [9.17, 15) is 17.6 Å². The van der Waals surface area contributed by atoms with Gasteiger partial charge in [0.25, 0.3) is 0 Å². The van der Waals surface area contributed by atoms with Gasteiger partial charge < -0.3 is 9.88 Å². The number of nitrogens with one attached hydrogen (secondary N) is 1. The fraction of sp³-hybridized carbons (Fsp3) is 0.320. The second kappa shape index (κ2) is 9.69. The molecular formula is C25H27FN2O3S. The lowest BCUT2D eigenvalue weighted by Gasteiger charge is -2.13. The Morgan fingerprint density at radius 2 is 1.84 bits per heavy atom. The minimum absolute atomic E-state index is 0.0226. The Bertz CT molecular complexity index is 1260. The Morgan fingerprint density at radius 1 is 1.06 bits per heavy atom. The number of benzene rings is 2. The fourth-order valence-corrected chi connectivity index (χ4v) is 5.79. The summed E-state index contributed by atoms with van der Waals surface area (Å²) < 4.78 is 42.0. The summed E-state index contributed by atoms with van der Waals surface area (Å²) in [6.45, 7) is 0.594. The number of amides is 1. The maximum absolute atomic E-state index is 14.1. The van der Waals surface area contributed by atoms with Crippen LogP contribution in [0.5, 0.6) is 0 Å². The number of para-hydroxylation sites is 1. The summed E-state index contributed by atoms with van der Waals surface area (Å²) in [4.78, 5) is 12.6. The smallest absolute Gasteiger partial charge is 0.239 e. The minimum atomic E-state index is -3.81. The molecular weight excluding hydrogens is 427 g/mol. The molecule has 7 heteroatoms. The third-order valence-electron chi connectivity index (χ3n) is 5.86. The topological polar surface area (TPSA) is 68.2 Å². The van der Waals surface area contributed by atoms with Crippen molar-refractivity contribution in [1.29, 1.82) is 0 Å². The highest BCUT2D eigenvalue weighted by molar-refractivity contribution is 7.90. The summed E-state index contributed by atoms with van der Waals surface area (Å²) in [5.41, 5.74) is 2.17. The maximum Gasteiger partial charge on any atom is 0.239 e. The SMILES string of the molecule is O=C(Cn1cc(S(=O)(=O)Cc2ccccc2F)c2ccccc21)NCCC1=CCCCC1. The predicted octanol–water partition coefficient (Wildman–Crippen LogP) is 4.76. The number of aromatic nitrogens is 1. The third kappa shape index (κ3) is 5.10. The van der Waals surface area contributed by atoms with Crippen LogP contribution in [0.2, 0.25) is 0 Å². The van der Waals surface area contributed by atoms with Crippen LogP contribution in [0.3, 0.4) is 0 Å². The molecule has 0 unspecified atom stereocenters. The summed E-state index contributed by atoms with van der Waals surface area (Å²) >= 11 is 0. The number of nitrogens with zero attached hydrogens (tertiary/aromatic N) is 1. The van der Waals surface area contributed by atoms with Crippen LogP contribution in [0.15, 0.2) is 71.3 Å². The molecule has 0 spiro atoms. The van der Waals surface area contributed by atoms with Crippen molar-refractivity contribution in [3.8, 4) is 0 Å². The molecule has 32 heavy (non-hydrogen) atoms. The average Bonchev–Trinajstić information content (AvgIpc) is 3.15. The number of hydrogen-bond donors (Lipinski definition) is 1. The molecule has 0 aliphatic heterocycles. The van der Waals surface area contributed by atoms with Crippen molar-refractivity contribution in [3.63, 3.8) is 0 Å². The van der Waals surface area contributed by atoms with Gasteiger partial charge in [-0.3, -0.25) is 4.79 Å². The zero-order chi connectivity index (χ0) is 22.6. The monoisotopic (exact) mass is 454 g/mol. The first-order valence-corrected chi connectivity index (χ1v) is 12.6. The third-order valence-corrected chi connectivity index (χ3v) is 7.54. The second-order valence-corrected chi connectivity index (χ2v) is 10.2. The van der Waals surface area contributed by atoms with Crippen LogP contribution in [-0.4, -0.2) is 25.4 Å². The molecule has 1 aliphatic rings. The van der Waals surface area contributed by atoms with E-state index in [0.717, 1.165) is 19.3 Å². The molecule has 0 fully saturated rings. The van der Waals surface area contributed by atoms with Gasteiger partial charge in [0, 0.05) is 29.2 Å². The van der Waals surface area contributed by atoms with Gasteiger partial charge in [-0.1, -0.05) is 48.0 Å². The van der Waals surface area contributed by atoms with E-state index >= 15 is 0 Å². The number of carbonyl (C=O) groups is 1. The largest absolute Gasteiger partial charge is 0.354 e. The highest BCUT2D eigenvalue weighted by Crippen LogP contribution is 2.28. The van der Waals surface area contributed by atoms with Crippen LogP contribution in [-0.2, 0) is 26.9 Å². The van der Waals surface area contributed by atoms with Gasteiger partial charge in [0.2, 0.25) is 5.91 Å². The molecule has 0 radical (unpaired) electrons. The first kappa shape index (κ1) is 22.3. The zero-order valence-electron chi connectivity index (χ0n) is 17.9.